The van der Waals surface area contributed by atoms with E-state index in [4.69, 9.17) is 0 Å². The van der Waals surface area contributed by atoms with Crippen molar-refractivity contribution < 1.29 is 0 Å². The molecule has 1 aromatic carbocycles. The van der Waals surface area contributed by atoms with Gasteiger partial charge in [0.05, 0.1) is 8.07 Å². The Morgan fingerprint density at radius 2 is 1.58 bits per heavy atom. The first-order valence-electron chi connectivity index (χ1n) is 9.36. The average molecular weight is 353 g/mol. The summed E-state index contributed by atoms with van der Waals surface area (Å²) in [5.74, 6) is 3.49. The van der Waals surface area contributed by atoms with E-state index in [9.17, 15) is 0 Å². The van der Waals surface area contributed by atoms with Gasteiger partial charge < -0.3 is 0 Å². The highest BCUT2D eigenvalue weighted by Gasteiger charge is 2.42. The summed E-state index contributed by atoms with van der Waals surface area (Å²) >= 11 is 0. The van der Waals surface area contributed by atoms with Crippen LogP contribution in [0.3, 0.4) is 0 Å². The molecule has 0 radical (unpaired) electrons. The maximum atomic E-state index is 3.76. The molecule has 0 aromatic heterocycles. The minimum absolute atomic E-state index is 1.15. The normalized spacial score (nSPS) is 16.7. The molecule has 1 aromatic rings. The van der Waals surface area contributed by atoms with Crippen LogP contribution in [0.4, 0.5) is 0 Å². The lowest BCUT2D eigenvalue weighted by molar-refractivity contribution is 0.857. The molecule has 0 spiro atoms. The lowest BCUT2D eigenvalue weighted by Crippen LogP contribution is -2.41. The largest absolute Gasteiger partial charge is 0.156 e. The molecule has 1 aliphatic rings. The maximum Gasteiger partial charge on any atom is 0.156 e. The molecule has 0 atom stereocenters. The summed E-state index contributed by atoms with van der Waals surface area (Å²) in [7, 11) is -3.20. The van der Waals surface area contributed by atoms with Crippen molar-refractivity contribution in [1.29, 1.82) is 0 Å². The predicted octanol–water partition coefficient (Wildman–Crippen LogP) is 6.45. The third-order valence-electron chi connectivity index (χ3n) is 4.81. The van der Waals surface area contributed by atoms with Crippen molar-refractivity contribution >= 4 is 16.1 Å². The van der Waals surface area contributed by atoms with Crippen LogP contribution >= 0.6 is 0 Å². The summed E-state index contributed by atoms with van der Waals surface area (Å²) in [6.07, 6.45) is 4.96. The molecule has 1 aliphatic heterocycles. The molecule has 0 N–H and O–H groups in total. The third-order valence-corrected chi connectivity index (χ3v) is 13.6. The minimum atomic E-state index is -1.73. The van der Waals surface area contributed by atoms with Gasteiger partial charge in [-0.3, -0.25) is 0 Å². The zero-order chi connectivity index (χ0) is 17.8. The molecule has 0 saturated heterocycles. The first-order valence-corrected chi connectivity index (χ1v) is 15.4. The van der Waals surface area contributed by atoms with Gasteiger partial charge in [-0.25, -0.2) is 0 Å². The van der Waals surface area contributed by atoms with Gasteiger partial charge in [0.2, 0.25) is 0 Å². The monoisotopic (exact) mass is 352 g/mol. The van der Waals surface area contributed by atoms with Gasteiger partial charge in [-0.2, -0.15) is 0 Å². The van der Waals surface area contributed by atoms with Crippen LogP contribution in [0.1, 0.15) is 45.1 Å². The quantitative estimate of drug-likeness (QED) is 0.422. The molecule has 0 unspecified atom stereocenters. The molecular weight excluding hydrogens is 320 g/mol. The molecule has 24 heavy (non-hydrogen) atoms. The topological polar surface area (TPSA) is 0 Å². The summed E-state index contributed by atoms with van der Waals surface area (Å²) in [6.45, 7) is 14.6. The second kappa shape index (κ2) is 7.72. The van der Waals surface area contributed by atoms with Crippen molar-refractivity contribution in [2.24, 2.45) is 0 Å². The highest BCUT2D eigenvalue weighted by atomic mass is 28.4. The molecule has 0 saturated carbocycles. The molecule has 2 rings (SSSR count). The molecule has 1 heterocycles. The van der Waals surface area contributed by atoms with Crippen LogP contribution in [0, 0.1) is 11.5 Å². The summed E-state index contributed by atoms with van der Waals surface area (Å²) in [5.41, 5.74) is 10.9. The van der Waals surface area contributed by atoms with Crippen LogP contribution < -0.4 is 0 Å². The maximum absolute atomic E-state index is 3.76. The van der Waals surface area contributed by atoms with E-state index in [0.29, 0.717) is 0 Å². The Balaban J connectivity index is 2.47. The van der Waals surface area contributed by atoms with Gasteiger partial charge in [0.15, 0.2) is 8.07 Å². The van der Waals surface area contributed by atoms with Gasteiger partial charge in [0.1, 0.15) is 0 Å². The Hall–Kier alpha value is -1.31. The standard InChI is InChI=1S/C22H32Si2/c1-7-12-20-18-24(5,6)22(21(20)13-8-2)23(3,4)17-16-19-14-10-9-11-15-19/h9-11,14-15,18H,7-8,12-13H2,1-6H3. The van der Waals surface area contributed by atoms with E-state index >= 15 is 0 Å². The molecule has 128 valence electrons. The second-order valence-electron chi connectivity index (χ2n) is 7.99. The van der Waals surface area contributed by atoms with Crippen LogP contribution in [-0.2, 0) is 0 Å². The SMILES string of the molecule is CCCC1=C[Si](C)(C)C([Si](C)(C)C#Cc2ccccc2)=C1CCC. The first-order chi connectivity index (χ1) is 11.3. The van der Waals surface area contributed by atoms with E-state index in [2.05, 4.69) is 87.5 Å². The molecule has 0 nitrogen and oxygen atoms in total. The lowest BCUT2D eigenvalue weighted by Gasteiger charge is -2.30. The Bertz CT molecular complexity index is 694. The highest BCUT2D eigenvalue weighted by Crippen LogP contribution is 2.41. The number of hydrogen-bond donors (Lipinski definition) is 0. The molecule has 0 amide bonds. The van der Waals surface area contributed by atoms with Gasteiger partial charge >= 0.3 is 0 Å². The minimum Gasteiger partial charge on any atom is -0.121 e. The Morgan fingerprint density at radius 3 is 2.17 bits per heavy atom. The van der Waals surface area contributed by atoms with Gasteiger partial charge in [-0.05, 0) is 25.0 Å². The van der Waals surface area contributed by atoms with E-state index in [1.807, 2.05) is 4.82 Å². The summed E-state index contributed by atoms with van der Waals surface area (Å²) in [5, 5.41) is 0. The smallest absolute Gasteiger partial charge is 0.121 e. The van der Waals surface area contributed by atoms with Crippen molar-refractivity contribution in [3.05, 3.63) is 57.6 Å². The summed E-state index contributed by atoms with van der Waals surface area (Å²) in [6, 6.07) is 10.5. The number of benzene rings is 1. The number of rotatable bonds is 5. The Labute approximate surface area is 151 Å². The predicted molar refractivity (Wildman–Crippen MR) is 113 cm³/mol. The van der Waals surface area contributed by atoms with Crippen LogP contribution in [0.2, 0.25) is 26.2 Å². The van der Waals surface area contributed by atoms with Crippen molar-refractivity contribution in [2.45, 2.75) is 65.7 Å². The van der Waals surface area contributed by atoms with E-state index in [1.54, 1.807) is 11.1 Å². The van der Waals surface area contributed by atoms with Crippen LogP contribution in [-0.4, -0.2) is 16.1 Å². The first kappa shape index (κ1) is 19.0. The zero-order valence-electron chi connectivity index (χ0n) is 16.3. The van der Waals surface area contributed by atoms with E-state index < -0.39 is 16.1 Å². The van der Waals surface area contributed by atoms with E-state index in [1.165, 1.54) is 25.7 Å². The van der Waals surface area contributed by atoms with E-state index in [-0.39, 0.29) is 0 Å². The zero-order valence-corrected chi connectivity index (χ0v) is 18.3. The molecule has 0 bridgehead atoms. The number of hydrogen-bond acceptors (Lipinski definition) is 0. The van der Waals surface area contributed by atoms with Gasteiger partial charge in [-0.1, -0.05) is 98.7 Å². The average Bonchev–Trinajstić information content (AvgIpc) is 2.78. The fourth-order valence-corrected chi connectivity index (χ4v) is 15.0. The Morgan fingerprint density at radius 1 is 0.958 bits per heavy atom. The Kier molecular flexibility index (Phi) is 6.12. The van der Waals surface area contributed by atoms with Crippen LogP contribution in [0.15, 0.2) is 52.0 Å². The van der Waals surface area contributed by atoms with Crippen molar-refractivity contribution in [1.82, 2.24) is 0 Å². The van der Waals surface area contributed by atoms with E-state index in [0.717, 1.165) is 5.56 Å². The third kappa shape index (κ3) is 4.20. The highest BCUT2D eigenvalue weighted by molar-refractivity contribution is 7.11. The molecule has 2 heteroatoms. The van der Waals surface area contributed by atoms with Crippen molar-refractivity contribution in [3.8, 4) is 11.5 Å². The second-order valence-corrected chi connectivity index (χ2v) is 16.7. The fraction of sp³-hybridized carbons (Fsp3) is 0.455. The van der Waals surface area contributed by atoms with Crippen LogP contribution in [0.5, 0.6) is 0 Å². The van der Waals surface area contributed by atoms with Gasteiger partial charge in [-0.15, -0.1) is 5.54 Å². The van der Waals surface area contributed by atoms with Crippen molar-refractivity contribution in [2.75, 3.05) is 0 Å². The van der Waals surface area contributed by atoms with Crippen LogP contribution in [0.25, 0.3) is 0 Å². The fourth-order valence-electron chi connectivity index (χ4n) is 4.17. The van der Waals surface area contributed by atoms with Gasteiger partial charge in [0, 0.05) is 5.56 Å². The van der Waals surface area contributed by atoms with Gasteiger partial charge in [0.25, 0.3) is 0 Å². The molecule has 0 fully saturated rings. The molecular formula is C22H32Si2. The van der Waals surface area contributed by atoms with Crippen molar-refractivity contribution in [3.63, 3.8) is 0 Å². The number of allylic oxidation sites excluding steroid dienone is 2. The lowest BCUT2D eigenvalue weighted by atomic mass is 10.0. The molecule has 0 aliphatic carbocycles. The summed E-state index contributed by atoms with van der Waals surface area (Å²) in [4.78, 5) is 1.81. The summed E-state index contributed by atoms with van der Waals surface area (Å²) < 4.78 is 0.